The fraction of sp³-hybridized carbons (Fsp3) is 0.304. The van der Waals surface area contributed by atoms with Crippen molar-refractivity contribution in [2.75, 3.05) is 22.1 Å². The number of hydrogen-bond donors (Lipinski definition) is 2. The number of carbonyl (C=O) groups is 4. The molecule has 2 N–H and O–H groups in total. The molecule has 4 amide bonds. The van der Waals surface area contributed by atoms with E-state index in [-0.39, 0.29) is 24.3 Å². The maximum absolute atomic E-state index is 13.3. The van der Waals surface area contributed by atoms with Crippen LogP contribution in [0.4, 0.5) is 17.1 Å². The van der Waals surface area contributed by atoms with E-state index >= 15 is 0 Å². The number of benzene rings is 2. The second kappa shape index (κ2) is 8.27. The minimum atomic E-state index is -0.930. The zero-order chi connectivity index (χ0) is 23.0. The van der Waals surface area contributed by atoms with Crippen molar-refractivity contribution in [3.05, 3.63) is 53.1 Å². The molecule has 4 rings (SSSR count). The monoisotopic (exact) mass is 454 g/mol. The van der Waals surface area contributed by atoms with E-state index in [4.69, 9.17) is 11.6 Å². The predicted molar refractivity (Wildman–Crippen MR) is 122 cm³/mol. The van der Waals surface area contributed by atoms with E-state index in [0.29, 0.717) is 46.9 Å². The number of nitrogens with one attached hydrogen (secondary N) is 2. The van der Waals surface area contributed by atoms with Crippen LogP contribution < -0.4 is 15.5 Å². The van der Waals surface area contributed by atoms with Gasteiger partial charge in [-0.2, -0.15) is 0 Å². The summed E-state index contributed by atoms with van der Waals surface area (Å²) in [5, 5.41) is 5.74. The Hall–Kier alpha value is -3.39. The first kappa shape index (κ1) is 21.8. The van der Waals surface area contributed by atoms with Gasteiger partial charge in [0.15, 0.2) is 0 Å². The lowest BCUT2D eigenvalue weighted by molar-refractivity contribution is -0.120. The van der Waals surface area contributed by atoms with Crippen LogP contribution in [0.3, 0.4) is 0 Å². The molecular formula is C23H23ClN4O4. The van der Waals surface area contributed by atoms with E-state index < -0.39 is 11.6 Å². The minimum absolute atomic E-state index is 0.0831. The molecule has 1 atom stereocenters. The van der Waals surface area contributed by atoms with Crippen LogP contribution in [0.2, 0.25) is 5.02 Å². The molecule has 1 unspecified atom stereocenters. The average molecular weight is 455 g/mol. The number of carbonyl (C=O) groups excluding carboxylic acids is 4. The van der Waals surface area contributed by atoms with Gasteiger partial charge in [0, 0.05) is 18.5 Å². The molecule has 2 aromatic carbocycles. The first-order valence-electron chi connectivity index (χ1n) is 10.4. The van der Waals surface area contributed by atoms with Gasteiger partial charge in [-0.05, 0) is 43.7 Å². The molecule has 0 saturated carbocycles. The molecule has 0 bridgehead atoms. The summed E-state index contributed by atoms with van der Waals surface area (Å²) in [4.78, 5) is 53.6. The number of hydrogen-bond acceptors (Lipinski definition) is 4. The van der Waals surface area contributed by atoms with Crippen LogP contribution in [0.1, 0.15) is 43.5 Å². The highest BCUT2D eigenvalue weighted by atomic mass is 35.5. The van der Waals surface area contributed by atoms with E-state index in [1.807, 2.05) is 0 Å². The van der Waals surface area contributed by atoms with Gasteiger partial charge >= 0.3 is 0 Å². The second-order valence-electron chi connectivity index (χ2n) is 8.00. The van der Waals surface area contributed by atoms with E-state index in [2.05, 4.69) is 10.6 Å². The van der Waals surface area contributed by atoms with E-state index in [1.165, 1.54) is 4.90 Å². The molecule has 1 saturated heterocycles. The molecule has 8 nitrogen and oxygen atoms in total. The van der Waals surface area contributed by atoms with Gasteiger partial charge in [0.25, 0.3) is 5.91 Å². The van der Waals surface area contributed by atoms with Crippen LogP contribution in [-0.4, -0.2) is 40.7 Å². The quantitative estimate of drug-likeness (QED) is 0.720. The smallest absolute Gasteiger partial charge is 0.258 e. The maximum atomic E-state index is 13.3. The Morgan fingerprint density at radius 3 is 2.59 bits per heavy atom. The third-order valence-corrected chi connectivity index (χ3v) is 6.22. The third kappa shape index (κ3) is 3.71. The molecule has 166 valence electrons. The molecule has 2 aliphatic rings. The summed E-state index contributed by atoms with van der Waals surface area (Å²) >= 11 is 6.22. The number of amides is 4. The van der Waals surface area contributed by atoms with E-state index in [0.717, 1.165) is 0 Å². The lowest BCUT2D eigenvalue weighted by Gasteiger charge is -2.48. The van der Waals surface area contributed by atoms with Gasteiger partial charge in [0.05, 0.1) is 22.0 Å². The number of fused-ring (bicyclic) bond motifs is 3. The third-order valence-electron chi connectivity index (χ3n) is 5.89. The Kier molecular flexibility index (Phi) is 5.64. The second-order valence-corrected chi connectivity index (χ2v) is 8.41. The lowest BCUT2D eigenvalue weighted by Crippen LogP contribution is -2.63. The molecule has 0 aliphatic carbocycles. The van der Waals surface area contributed by atoms with Crippen LogP contribution in [0.15, 0.2) is 42.5 Å². The average Bonchev–Trinajstić information content (AvgIpc) is 3.08. The Morgan fingerprint density at radius 1 is 1.09 bits per heavy atom. The number of halogens is 1. The molecule has 9 heteroatoms. The van der Waals surface area contributed by atoms with E-state index in [9.17, 15) is 19.2 Å². The molecule has 0 aromatic heterocycles. The molecule has 32 heavy (non-hydrogen) atoms. The van der Waals surface area contributed by atoms with Crippen LogP contribution in [0.25, 0.3) is 0 Å². The molecule has 2 aromatic rings. The van der Waals surface area contributed by atoms with Crippen LogP contribution in [0.5, 0.6) is 0 Å². The minimum Gasteiger partial charge on any atom is -0.326 e. The number of anilines is 3. The molecule has 2 heterocycles. The lowest BCUT2D eigenvalue weighted by atomic mass is 9.98. The van der Waals surface area contributed by atoms with Gasteiger partial charge in [0.2, 0.25) is 17.7 Å². The highest BCUT2D eigenvalue weighted by Crippen LogP contribution is 2.43. The first-order valence-corrected chi connectivity index (χ1v) is 10.8. The number of rotatable bonds is 5. The standard InChI is InChI=1S/C23H23ClN4O4/c1-3-19(29)25-14-8-9-16(24)17(12-14)26-20(30)13-27-22(32)15-6-4-5-7-18(15)28-21(31)10-11-23(27,28)2/h4-9,12H,3,10-11,13H2,1-2H3,(H,25,29)(H,26,30). The van der Waals surface area contributed by atoms with Crippen molar-refractivity contribution in [2.24, 2.45) is 0 Å². The van der Waals surface area contributed by atoms with Crippen LogP contribution >= 0.6 is 11.6 Å². The van der Waals surface area contributed by atoms with Crippen molar-refractivity contribution in [3.8, 4) is 0 Å². The number of para-hydroxylation sites is 1. The maximum Gasteiger partial charge on any atom is 0.258 e. The fourth-order valence-electron chi connectivity index (χ4n) is 4.22. The van der Waals surface area contributed by atoms with Gasteiger partial charge in [-0.25, -0.2) is 0 Å². The molecule has 0 radical (unpaired) electrons. The van der Waals surface area contributed by atoms with Crippen molar-refractivity contribution < 1.29 is 19.2 Å². The van der Waals surface area contributed by atoms with Crippen molar-refractivity contribution in [2.45, 2.75) is 38.8 Å². The normalized spacial score (nSPS) is 19.5. The van der Waals surface area contributed by atoms with Gasteiger partial charge in [-0.1, -0.05) is 30.7 Å². The number of nitrogens with zero attached hydrogens (tertiary/aromatic N) is 2. The zero-order valence-electron chi connectivity index (χ0n) is 17.8. The molecule has 0 spiro atoms. The summed E-state index contributed by atoms with van der Waals surface area (Å²) < 4.78 is 0. The first-order chi connectivity index (χ1) is 15.2. The summed E-state index contributed by atoms with van der Waals surface area (Å²) in [5.41, 5.74) is 0.844. The summed E-state index contributed by atoms with van der Waals surface area (Å²) in [6.07, 6.45) is 1.04. The van der Waals surface area contributed by atoms with Gasteiger partial charge in [-0.15, -0.1) is 0 Å². The van der Waals surface area contributed by atoms with Crippen molar-refractivity contribution in [1.29, 1.82) is 0 Å². The zero-order valence-corrected chi connectivity index (χ0v) is 18.5. The summed E-state index contributed by atoms with van der Waals surface area (Å²) in [6, 6.07) is 11.7. The summed E-state index contributed by atoms with van der Waals surface area (Å²) in [7, 11) is 0. The molecule has 2 aliphatic heterocycles. The Labute approximate surface area is 190 Å². The van der Waals surface area contributed by atoms with Gasteiger partial charge in [-0.3, -0.25) is 24.1 Å². The Bertz CT molecular complexity index is 1130. The Balaban J connectivity index is 1.59. The van der Waals surface area contributed by atoms with Crippen molar-refractivity contribution in [1.82, 2.24) is 4.90 Å². The highest BCUT2D eigenvalue weighted by Gasteiger charge is 2.53. The van der Waals surface area contributed by atoms with Gasteiger partial charge < -0.3 is 15.5 Å². The molecule has 1 fully saturated rings. The summed E-state index contributed by atoms with van der Waals surface area (Å²) in [6.45, 7) is 3.28. The largest absolute Gasteiger partial charge is 0.326 e. The summed E-state index contributed by atoms with van der Waals surface area (Å²) in [5.74, 6) is -1.01. The topological polar surface area (TPSA) is 98.8 Å². The molecular weight excluding hydrogens is 432 g/mol. The van der Waals surface area contributed by atoms with Gasteiger partial charge in [0.1, 0.15) is 12.2 Å². The predicted octanol–water partition coefficient (Wildman–Crippen LogP) is 3.63. The van der Waals surface area contributed by atoms with Crippen molar-refractivity contribution >= 4 is 52.3 Å². The van der Waals surface area contributed by atoms with E-state index in [1.54, 1.807) is 61.2 Å². The van der Waals surface area contributed by atoms with Crippen LogP contribution in [-0.2, 0) is 14.4 Å². The van der Waals surface area contributed by atoms with Crippen LogP contribution in [0, 0.1) is 0 Å². The highest BCUT2D eigenvalue weighted by molar-refractivity contribution is 6.34. The fourth-order valence-corrected chi connectivity index (χ4v) is 4.39. The Morgan fingerprint density at radius 2 is 1.84 bits per heavy atom. The van der Waals surface area contributed by atoms with Crippen molar-refractivity contribution in [3.63, 3.8) is 0 Å². The SMILES string of the molecule is CCC(=O)Nc1ccc(Cl)c(NC(=O)CN2C(=O)c3ccccc3N3C(=O)CCC23C)c1.